The van der Waals surface area contributed by atoms with Crippen LogP contribution in [0.1, 0.15) is 23.2 Å². The number of rotatable bonds is 7. The van der Waals surface area contributed by atoms with Crippen molar-refractivity contribution in [2.75, 3.05) is 6.54 Å². The van der Waals surface area contributed by atoms with Gasteiger partial charge in [0, 0.05) is 12.1 Å². The van der Waals surface area contributed by atoms with Gasteiger partial charge in [0.15, 0.2) is 0 Å². The van der Waals surface area contributed by atoms with Gasteiger partial charge in [0.05, 0.1) is 0 Å². The molecule has 0 aromatic heterocycles. The summed E-state index contributed by atoms with van der Waals surface area (Å²) in [6.45, 7) is -0.116. The van der Waals surface area contributed by atoms with Crippen LogP contribution in [-0.2, 0) is 0 Å². The summed E-state index contributed by atoms with van der Waals surface area (Å²) in [5.41, 5.74) is -5.63. The molecular weight excluding hydrogens is 520 g/mol. The van der Waals surface area contributed by atoms with Crippen LogP contribution in [0.4, 0.5) is 39.5 Å². The van der Waals surface area contributed by atoms with Gasteiger partial charge in [-0.05, 0) is 57.2 Å². The first-order valence-corrected chi connectivity index (χ1v) is 8.62. The van der Waals surface area contributed by atoms with Crippen molar-refractivity contribution in [3.8, 4) is 0 Å². The van der Waals surface area contributed by atoms with Crippen LogP contribution in [-0.4, -0.2) is 36.4 Å². The van der Waals surface area contributed by atoms with Gasteiger partial charge in [0.2, 0.25) is 0 Å². The fraction of sp³-hybridized carbons (Fsp3) is 0.438. The van der Waals surface area contributed by atoms with Crippen molar-refractivity contribution in [2.24, 2.45) is 0 Å². The van der Waals surface area contributed by atoms with Gasteiger partial charge in [0.1, 0.15) is 0 Å². The Balaban J connectivity index is 2.81. The average molecular weight is 533 g/mol. The van der Waals surface area contributed by atoms with Crippen molar-refractivity contribution in [3.63, 3.8) is 0 Å². The molecule has 0 saturated heterocycles. The Kier molecular flexibility index (Phi) is 7.81. The number of carbonyl (C=O) groups is 1. The first-order valence-electron chi connectivity index (χ1n) is 7.54. The molecule has 1 rings (SSSR count). The van der Waals surface area contributed by atoms with E-state index in [2.05, 4.69) is 5.32 Å². The van der Waals surface area contributed by atoms with Gasteiger partial charge in [-0.1, -0.05) is 18.2 Å². The maximum Gasteiger partial charge on any atom is 0.457 e. The normalized spacial score (nSPS) is 15.9. The molecule has 0 spiro atoms. The molecule has 1 aromatic rings. The molecule has 0 fully saturated rings. The van der Waals surface area contributed by atoms with Crippen LogP contribution in [0.3, 0.4) is 0 Å². The number of alkyl halides is 9. The summed E-state index contributed by atoms with van der Waals surface area (Å²) < 4.78 is 115. The van der Waals surface area contributed by atoms with E-state index in [1.54, 1.807) is 18.2 Å². The number of carbonyl (C=O) groups excluding carboxylic acids is 1. The second kappa shape index (κ2) is 8.91. The van der Waals surface area contributed by atoms with Gasteiger partial charge in [-0.25, -0.2) is 4.39 Å². The molecule has 0 radical (unpaired) electrons. The highest BCUT2D eigenvalue weighted by molar-refractivity contribution is 14.1. The molecule has 28 heavy (non-hydrogen) atoms. The third-order valence-electron chi connectivity index (χ3n) is 3.49. The molecule has 1 atom stereocenters. The molecule has 0 saturated carbocycles. The van der Waals surface area contributed by atoms with Crippen LogP contribution in [0.5, 0.6) is 0 Å². The molecule has 0 bridgehead atoms. The quantitative estimate of drug-likeness (QED) is 0.261. The SMILES string of the molecule is O=C(NCCCC(I)=CC(F)(C(F)(F)F)C(F)(F)C(F)(F)F)c1ccccc1. The maximum atomic E-state index is 13.9. The number of amides is 1. The smallest absolute Gasteiger partial charge is 0.352 e. The Morgan fingerprint density at radius 2 is 1.46 bits per heavy atom. The first-order chi connectivity index (χ1) is 12.6. The molecule has 1 N–H and O–H groups in total. The lowest BCUT2D eigenvalue weighted by Crippen LogP contribution is -2.61. The molecule has 0 heterocycles. The van der Waals surface area contributed by atoms with Gasteiger partial charge in [0.25, 0.3) is 11.6 Å². The monoisotopic (exact) mass is 533 g/mol. The summed E-state index contributed by atoms with van der Waals surface area (Å²) in [6.07, 6.45) is -14.6. The van der Waals surface area contributed by atoms with E-state index in [0.717, 1.165) is 22.6 Å². The maximum absolute atomic E-state index is 13.9. The van der Waals surface area contributed by atoms with Gasteiger partial charge >= 0.3 is 18.3 Å². The van der Waals surface area contributed by atoms with Crippen LogP contribution >= 0.6 is 22.6 Å². The molecule has 12 heteroatoms. The van der Waals surface area contributed by atoms with Crippen LogP contribution in [0.25, 0.3) is 0 Å². The highest BCUT2D eigenvalue weighted by Crippen LogP contribution is 2.54. The summed E-state index contributed by atoms with van der Waals surface area (Å²) in [6, 6.07) is 7.79. The first kappa shape index (κ1) is 24.6. The largest absolute Gasteiger partial charge is 0.457 e. The minimum Gasteiger partial charge on any atom is -0.352 e. The van der Waals surface area contributed by atoms with Crippen molar-refractivity contribution in [1.82, 2.24) is 5.32 Å². The minimum absolute atomic E-state index is 0.112. The number of nitrogens with one attached hydrogen (secondary N) is 1. The predicted molar refractivity (Wildman–Crippen MR) is 91.0 cm³/mol. The number of halogens is 10. The number of benzene rings is 1. The number of hydrogen-bond acceptors (Lipinski definition) is 1. The molecular formula is C16H13F9INO. The molecule has 2 nitrogen and oxygen atoms in total. The average Bonchev–Trinajstić information content (AvgIpc) is 2.57. The molecule has 0 aliphatic carbocycles. The zero-order chi connectivity index (χ0) is 21.8. The van der Waals surface area contributed by atoms with E-state index in [4.69, 9.17) is 0 Å². The van der Waals surface area contributed by atoms with Crippen LogP contribution in [0, 0.1) is 0 Å². The van der Waals surface area contributed by atoms with Crippen LogP contribution < -0.4 is 5.32 Å². The van der Waals surface area contributed by atoms with Crippen molar-refractivity contribution in [3.05, 3.63) is 45.6 Å². The molecule has 0 aliphatic rings. The van der Waals surface area contributed by atoms with E-state index >= 15 is 0 Å². The fourth-order valence-electron chi connectivity index (χ4n) is 2.00. The van der Waals surface area contributed by atoms with Gasteiger partial charge in [-0.3, -0.25) is 4.79 Å². The second-order valence-electron chi connectivity index (χ2n) is 5.60. The second-order valence-corrected chi connectivity index (χ2v) is 6.98. The molecule has 158 valence electrons. The van der Waals surface area contributed by atoms with Gasteiger partial charge < -0.3 is 5.32 Å². The fourth-order valence-corrected chi connectivity index (χ4v) is 2.81. The standard InChI is InChI=1S/C16H13F9INO/c17-13(15(20,21)22,14(18,19)16(23,24)25)9-11(26)7-4-8-27-12(28)10-5-2-1-3-6-10/h1-3,5-6,9H,4,7-8H2,(H,27,28). The third-order valence-corrected chi connectivity index (χ3v) is 4.35. The summed E-state index contributed by atoms with van der Waals surface area (Å²) in [7, 11) is 0. The van der Waals surface area contributed by atoms with E-state index in [-0.39, 0.29) is 18.5 Å². The Morgan fingerprint density at radius 1 is 0.929 bits per heavy atom. The lowest BCUT2D eigenvalue weighted by Gasteiger charge is -2.34. The molecule has 1 amide bonds. The number of allylic oxidation sites excluding steroid dienone is 2. The summed E-state index contributed by atoms with van der Waals surface area (Å²) in [5.74, 6) is -7.19. The zero-order valence-corrected chi connectivity index (χ0v) is 15.9. The summed E-state index contributed by atoms with van der Waals surface area (Å²) >= 11 is 1.05. The summed E-state index contributed by atoms with van der Waals surface area (Å²) in [5, 5.41) is 2.39. The van der Waals surface area contributed by atoms with Gasteiger partial charge in [-0.2, -0.15) is 35.1 Å². The van der Waals surface area contributed by atoms with E-state index in [1.165, 1.54) is 12.1 Å². The Hall–Kier alpha value is -1.47. The lowest BCUT2D eigenvalue weighted by atomic mass is 9.95. The molecule has 1 aromatic carbocycles. The van der Waals surface area contributed by atoms with E-state index in [1.807, 2.05) is 0 Å². The summed E-state index contributed by atoms with van der Waals surface area (Å²) in [4.78, 5) is 11.7. The predicted octanol–water partition coefficient (Wildman–Crippen LogP) is 5.98. The lowest BCUT2D eigenvalue weighted by molar-refractivity contribution is -0.369. The van der Waals surface area contributed by atoms with E-state index in [0.29, 0.717) is 0 Å². The Bertz CT molecular complexity index is 700. The van der Waals surface area contributed by atoms with Gasteiger partial charge in [-0.15, -0.1) is 0 Å². The van der Waals surface area contributed by atoms with E-state index in [9.17, 15) is 44.3 Å². The van der Waals surface area contributed by atoms with E-state index < -0.39 is 45.9 Å². The van der Waals surface area contributed by atoms with Crippen LogP contribution in [0.15, 0.2) is 40.0 Å². The highest BCUT2D eigenvalue weighted by atomic mass is 127. The Labute approximate surface area is 167 Å². The van der Waals surface area contributed by atoms with Crippen molar-refractivity contribution < 1.29 is 44.3 Å². The van der Waals surface area contributed by atoms with Crippen molar-refractivity contribution in [1.29, 1.82) is 0 Å². The zero-order valence-electron chi connectivity index (χ0n) is 13.8. The highest BCUT2D eigenvalue weighted by Gasteiger charge is 2.80. The van der Waals surface area contributed by atoms with Crippen LogP contribution in [0.2, 0.25) is 0 Å². The molecule has 0 aliphatic heterocycles. The van der Waals surface area contributed by atoms with Crippen molar-refractivity contribution >= 4 is 28.5 Å². The molecule has 1 unspecified atom stereocenters. The topological polar surface area (TPSA) is 29.1 Å². The minimum atomic E-state index is -6.74. The Morgan fingerprint density at radius 3 is 1.93 bits per heavy atom. The third kappa shape index (κ3) is 5.54. The van der Waals surface area contributed by atoms with Crippen molar-refractivity contribution in [2.45, 2.75) is 36.8 Å². The number of hydrogen-bond donors (Lipinski definition) is 1.